The van der Waals surface area contributed by atoms with Gasteiger partial charge in [0, 0.05) is 23.5 Å². The van der Waals surface area contributed by atoms with Crippen molar-refractivity contribution in [3.05, 3.63) is 36.0 Å². The molecule has 0 aliphatic carbocycles. The molecule has 0 saturated heterocycles. The van der Waals surface area contributed by atoms with Gasteiger partial charge in [-0.2, -0.15) is 0 Å². The van der Waals surface area contributed by atoms with Crippen molar-refractivity contribution in [1.29, 1.82) is 0 Å². The summed E-state index contributed by atoms with van der Waals surface area (Å²) < 4.78 is 2.16. The third-order valence-corrected chi connectivity index (χ3v) is 3.15. The van der Waals surface area contributed by atoms with Gasteiger partial charge < -0.3 is 10.3 Å². The highest BCUT2D eigenvalue weighted by atomic mass is 15.0. The fraction of sp³-hybridized carbons (Fsp3) is 0.267. The van der Waals surface area contributed by atoms with E-state index in [1.807, 2.05) is 32.0 Å². The van der Waals surface area contributed by atoms with E-state index in [4.69, 9.17) is 5.73 Å². The molecule has 0 bridgehead atoms. The number of aryl methyl sites for hydroxylation is 2. The van der Waals surface area contributed by atoms with Gasteiger partial charge >= 0.3 is 0 Å². The van der Waals surface area contributed by atoms with Gasteiger partial charge in [0.1, 0.15) is 5.82 Å². The monoisotopic (exact) mass is 241 g/mol. The Morgan fingerprint density at radius 1 is 1.11 bits per heavy atom. The standard InChI is InChI=1S/C13H13N3.C2H6/c1-8-7-10-12(16(8)2)9-5-3-4-6-11(9)15-13(10)14;1-2/h3-7H,1-2H3,(H2,14,15);1-2H3. The zero-order valence-electron chi connectivity index (χ0n) is 11.4. The molecule has 0 unspecified atom stereocenters. The van der Waals surface area contributed by atoms with E-state index in [1.165, 1.54) is 11.2 Å². The van der Waals surface area contributed by atoms with Crippen LogP contribution in [0.1, 0.15) is 19.5 Å². The number of pyridine rings is 1. The van der Waals surface area contributed by atoms with Crippen LogP contribution in [0.5, 0.6) is 0 Å². The summed E-state index contributed by atoms with van der Waals surface area (Å²) in [5.41, 5.74) is 9.29. The van der Waals surface area contributed by atoms with Crippen LogP contribution in [0.4, 0.5) is 5.82 Å². The maximum absolute atomic E-state index is 5.98. The second-order valence-electron chi connectivity index (χ2n) is 4.12. The molecule has 3 aromatic rings. The fourth-order valence-electron chi connectivity index (χ4n) is 2.21. The average molecular weight is 241 g/mol. The van der Waals surface area contributed by atoms with Crippen molar-refractivity contribution in [2.24, 2.45) is 7.05 Å². The van der Waals surface area contributed by atoms with Gasteiger partial charge in [0.15, 0.2) is 0 Å². The molecule has 0 spiro atoms. The van der Waals surface area contributed by atoms with Gasteiger partial charge in [-0.25, -0.2) is 4.98 Å². The molecule has 2 aromatic heterocycles. The highest BCUT2D eigenvalue weighted by molar-refractivity contribution is 6.08. The van der Waals surface area contributed by atoms with Crippen LogP contribution < -0.4 is 5.73 Å². The lowest BCUT2D eigenvalue weighted by atomic mass is 10.1. The second kappa shape index (κ2) is 4.69. The summed E-state index contributed by atoms with van der Waals surface area (Å²) in [6.07, 6.45) is 0. The quantitative estimate of drug-likeness (QED) is 0.653. The van der Waals surface area contributed by atoms with E-state index in [0.717, 1.165) is 16.3 Å². The van der Waals surface area contributed by atoms with E-state index in [1.54, 1.807) is 0 Å². The van der Waals surface area contributed by atoms with Gasteiger partial charge in [0.25, 0.3) is 0 Å². The Morgan fingerprint density at radius 3 is 2.50 bits per heavy atom. The van der Waals surface area contributed by atoms with Gasteiger partial charge in [-0.3, -0.25) is 0 Å². The van der Waals surface area contributed by atoms with E-state index < -0.39 is 0 Å². The average Bonchev–Trinajstić information content (AvgIpc) is 2.70. The number of nitrogens with zero attached hydrogens (tertiary/aromatic N) is 2. The SMILES string of the molecule is CC.Cc1cc2c(N)nc3ccccc3c2n1C. The summed E-state index contributed by atoms with van der Waals surface area (Å²) in [4.78, 5) is 4.42. The van der Waals surface area contributed by atoms with Gasteiger partial charge in [0.2, 0.25) is 0 Å². The first-order chi connectivity index (χ1) is 8.68. The van der Waals surface area contributed by atoms with Crippen molar-refractivity contribution in [1.82, 2.24) is 9.55 Å². The Hall–Kier alpha value is -2.03. The normalized spacial score (nSPS) is 10.4. The predicted octanol–water partition coefficient (Wildman–Crippen LogP) is 3.64. The maximum atomic E-state index is 5.98. The molecular weight excluding hydrogens is 222 g/mol. The molecule has 3 rings (SSSR count). The number of anilines is 1. The summed E-state index contributed by atoms with van der Waals surface area (Å²) in [5, 5.41) is 2.20. The molecule has 0 saturated carbocycles. The summed E-state index contributed by atoms with van der Waals surface area (Å²) >= 11 is 0. The zero-order chi connectivity index (χ0) is 13.3. The highest BCUT2D eigenvalue weighted by Crippen LogP contribution is 2.29. The van der Waals surface area contributed by atoms with Crippen LogP contribution in [0.2, 0.25) is 0 Å². The molecule has 0 amide bonds. The van der Waals surface area contributed by atoms with E-state index in [2.05, 4.69) is 35.7 Å². The van der Waals surface area contributed by atoms with Crippen molar-refractivity contribution in [2.75, 3.05) is 5.73 Å². The lowest BCUT2D eigenvalue weighted by molar-refractivity contribution is 0.921. The van der Waals surface area contributed by atoms with E-state index in [0.29, 0.717) is 5.82 Å². The number of hydrogen-bond donors (Lipinski definition) is 1. The van der Waals surface area contributed by atoms with Crippen molar-refractivity contribution in [3.8, 4) is 0 Å². The van der Waals surface area contributed by atoms with E-state index in [-0.39, 0.29) is 0 Å². The maximum Gasteiger partial charge on any atom is 0.133 e. The summed E-state index contributed by atoms with van der Waals surface area (Å²) in [6, 6.07) is 10.2. The van der Waals surface area contributed by atoms with Crippen molar-refractivity contribution in [3.63, 3.8) is 0 Å². The van der Waals surface area contributed by atoms with Crippen molar-refractivity contribution >= 4 is 27.6 Å². The summed E-state index contributed by atoms with van der Waals surface area (Å²) in [5.74, 6) is 0.609. The molecule has 2 N–H and O–H groups in total. The number of nitrogens with two attached hydrogens (primary N) is 1. The molecule has 3 nitrogen and oxygen atoms in total. The largest absolute Gasteiger partial charge is 0.383 e. The first-order valence-electron chi connectivity index (χ1n) is 6.29. The molecule has 0 aliphatic rings. The van der Waals surface area contributed by atoms with Crippen LogP contribution in [-0.2, 0) is 7.05 Å². The first kappa shape index (κ1) is 12.4. The number of benzene rings is 1. The molecule has 0 aliphatic heterocycles. The van der Waals surface area contributed by atoms with E-state index in [9.17, 15) is 0 Å². The number of hydrogen-bond acceptors (Lipinski definition) is 2. The van der Waals surface area contributed by atoms with Crippen molar-refractivity contribution in [2.45, 2.75) is 20.8 Å². The Kier molecular flexibility index (Phi) is 3.24. The lowest BCUT2D eigenvalue weighted by Crippen LogP contribution is -1.95. The van der Waals surface area contributed by atoms with Gasteiger partial charge in [-0.1, -0.05) is 32.0 Å². The summed E-state index contributed by atoms with van der Waals surface area (Å²) in [6.45, 7) is 6.08. The van der Waals surface area contributed by atoms with Crippen LogP contribution in [0, 0.1) is 6.92 Å². The molecule has 0 atom stereocenters. The lowest BCUT2D eigenvalue weighted by Gasteiger charge is -2.05. The zero-order valence-corrected chi connectivity index (χ0v) is 11.4. The van der Waals surface area contributed by atoms with Gasteiger partial charge in [0.05, 0.1) is 11.0 Å². The van der Waals surface area contributed by atoms with Crippen LogP contribution in [-0.4, -0.2) is 9.55 Å². The minimum absolute atomic E-state index is 0.609. The van der Waals surface area contributed by atoms with Crippen LogP contribution in [0.25, 0.3) is 21.8 Å². The molecule has 1 aromatic carbocycles. The number of nitrogen functional groups attached to an aromatic ring is 1. The second-order valence-corrected chi connectivity index (χ2v) is 4.12. The number of fused-ring (bicyclic) bond motifs is 3. The van der Waals surface area contributed by atoms with E-state index >= 15 is 0 Å². The Labute approximate surface area is 107 Å². The number of para-hydroxylation sites is 1. The van der Waals surface area contributed by atoms with Gasteiger partial charge in [-0.05, 0) is 19.1 Å². The minimum Gasteiger partial charge on any atom is -0.383 e. The molecule has 0 radical (unpaired) electrons. The highest BCUT2D eigenvalue weighted by Gasteiger charge is 2.10. The minimum atomic E-state index is 0.609. The predicted molar refractivity (Wildman–Crippen MR) is 78.7 cm³/mol. The molecular formula is C15H19N3. The molecule has 3 heteroatoms. The summed E-state index contributed by atoms with van der Waals surface area (Å²) in [7, 11) is 2.06. The number of aromatic nitrogens is 2. The van der Waals surface area contributed by atoms with Crippen LogP contribution >= 0.6 is 0 Å². The molecule has 18 heavy (non-hydrogen) atoms. The molecule has 2 heterocycles. The Bertz CT molecular complexity index is 696. The Balaban J connectivity index is 0.000000574. The van der Waals surface area contributed by atoms with Crippen LogP contribution in [0.15, 0.2) is 30.3 Å². The molecule has 94 valence electrons. The topological polar surface area (TPSA) is 43.8 Å². The van der Waals surface area contributed by atoms with Gasteiger partial charge in [-0.15, -0.1) is 0 Å². The Morgan fingerprint density at radius 2 is 1.78 bits per heavy atom. The first-order valence-corrected chi connectivity index (χ1v) is 6.29. The van der Waals surface area contributed by atoms with Crippen molar-refractivity contribution < 1.29 is 0 Å². The molecule has 0 fully saturated rings. The van der Waals surface area contributed by atoms with Crippen LogP contribution in [0.3, 0.4) is 0 Å². The fourth-order valence-corrected chi connectivity index (χ4v) is 2.21. The smallest absolute Gasteiger partial charge is 0.133 e. The third kappa shape index (κ3) is 1.72. The number of rotatable bonds is 0. The third-order valence-electron chi connectivity index (χ3n) is 3.15.